The molecular formula is C34H35NO3P2. The Morgan fingerprint density at radius 3 is 1.85 bits per heavy atom. The second-order valence-electron chi connectivity index (χ2n) is 10.4. The van der Waals surface area contributed by atoms with E-state index in [1.165, 1.54) is 33.1 Å². The van der Waals surface area contributed by atoms with Gasteiger partial charge in [-0.2, -0.15) is 0 Å². The molecule has 5 rings (SSSR count). The fraction of sp³-hybridized carbons (Fsp3) is 0.206. The molecule has 0 N–H and O–H groups in total. The van der Waals surface area contributed by atoms with E-state index in [0.717, 1.165) is 44.7 Å². The molecule has 1 heterocycles. The Kier molecular flexibility index (Phi) is 8.40. The molecule has 4 aromatic carbocycles. The normalized spacial score (nSPS) is 11.7. The first-order chi connectivity index (χ1) is 19.2. The van der Waals surface area contributed by atoms with Crippen LogP contribution < -0.4 is 18.9 Å². The van der Waals surface area contributed by atoms with Crippen LogP contribution in [0.4, 0.5) is 0 Å². The molecule has 0 aliphatic rings. The van der Waals surface area contributed by atoms with Crippen LogP contribution in [0.2, 0.25) is 0 Å². The van der Waals surface area contributed by atoms with Crippen molar-refractivity contribution in [3.05, 3.63) is 112 Å². The number of fused-ring (bicyclic) bond motifs is 1. The lowest BCUT2D eigenvalue weighted by Gasteiger charge is -2.24. The molecule has 0 spiro atoms. The van der Waals surface area contributed by atoms with Crippen LogP contribution in [-0.4, -0.2) is 4.98 Å². The van der Waals surface area contributed by atoms with Crippen molar-refractivity contribution in [3.63, 3.8) is 0 Å². The molecule has 40 heavy (non-hydrogen) atoms. The fourth-order valence-electron chi connectivity index (χ4n) is 4.99. The Morgan fingerprint density at radius 1 is 0.600 bits per heavy atom. The summed E-state index contributed by atoms with van der Waals surface area (Å²) < 4.78 is 19.3. The van der Waals surface area contributed by atoms with Gasteiger partial charge in [-0.3, -0.25) is 4.98 Å². The first-order valence-electron chi connectivity index (χ1n) is 13.4. The Bertz CT molecular complexity index is 1690. The maximum Gasteiger partial charge on any atom is 0.275 e. The Morgan fingerprint density at radius 2 is 1.20 bits per heavy atom. The summed E-state index contributed by atoms with van der Waals surface area (Å²) in [5, 5.41) is 2.20. The molecule has 0 aliphatic carbocycles. The van der Waals surface area contributed by atoms with E-state index in [0.29, 0.717) is 5.75 Å². The van der Waals surface area contributed by atoms with E-state index in [1.807, 2.05) is 30.3 Å². The van der Waals surface area contributed by atoms with Crippen LogP contribution in [-0.2, 0) is 0 Å². The van der Waals surface area contributed by atoms with Crippen LogP contribution in [0.25, 0.3) is 22.0 Å². The molecule has 5 aromatic rings. The minimum absolute atomic E-state index is 0.199. The Balaban J connectivity index is 1.54. The van der Waals surface area contributed by atoms with Crippen LogP contribution in [0.15, 0.2) is 72.9 Å². The Hall–Kier alpha value is -3.45. The first kappa shape index (κ1) is 28.1. The molecule has 2 atom stereocenters. The average molecular weight is 568 g/mol. The van der Waals surface area contributed by atoms with Gasteiger partial charge >= 0.3 is 0 Å². The molecule has 6 heteroatoms. The van der Waals surface area contributed by atoms with Crippen molar-refractivity contribution >= 4 is 34.0 Å². The number of nitrogens with zero attached hydrogens (tertiary/aromatic N) is 1. The number of rotatable bonds is 8. The van der Waals surface area contributed by atoms with Gasteiger partial charge in [0.1, 0.15) is 25.8 Å². The summed E-state index contributed by atoms with van der Waals surface area (Å²) in [7, 11) is -0.0336. The van der Waals surface area contributed by atoms with Crippen molar-refractivity contribution in [2.75, 3.05) is 0 Å². The van der Waals surface area contributed by atoms with E-state index in [2.05, 4.69) is 89.8 Å². The summed E-state index contributed by atoms with van der Waals surface area (Å²) in [6.45, 7) is 15.0. The monoisotopic (exact) mass is 567 g/mol. The number of benzene rings is 4. The minimum atomic E-state index is -0.233. The maximum absolute atomic E-state index is 6.63. The number of para-hydroxylation sites is 1. The molecule has 0 radical (unpaired) electrons. The van der Waals surface area contributed by atoms with Crippen LogP contribution >= 0.6 is 17.8 Å². The lowest BCUT2D eigenvalue weighted by molar-refractivity contribution is 0.516. The van der Waals surface area contributed by atoms with E-state index in [4.69, 9.17) is 13.6 Å². The smallest absolute Gasteiger partial charge is 0.275 e. The lowest BCUT2D eigenvalue weighted by atomic mass is 9.87. The topological polar surface area (TPSA) is 40.6 Å². The van der Waals surface area contributed by atoms with Gasteiger partial charge in [-0.15, -0.1) is 0 Å². The molecule has 0 saturated carbocycles. The van der Waals surface area contributed by atoms with Crippen LogP contribution in [0.5, 0.6) is 17.2 Å². The largest absolute Gasteiger partial charge is 0.472 e. The zero-order valence-corrected chi connectivity index (χ0v) is 26.1. The average Bonchev–Trinajstić information content (AvgIpc) is 2.94. The van der Waals surface area contributed by atoms with E-state index < -0.39 is 0 Å². The van der Waals surface area contributed by atoms with E-state index in [1.54, 1.807) is 6.20 Å². The molecule has 2 unspecified atom stereocenters. The number of aryl methyl sites for hydroxylation is 5. The standard InChI is InChI=1S/C34H35NO3P2/c1-20-13-15-28(16-14-20)39-37-33-23(4)18-21(2)25(6)30(33)31-26(7)22(3)19-24(5)34(31)38-40-36-29-12-8-10-27-11-9-17-35-32(27)29/h8-19,39-40H,1-7H3. The predicted octanol–water partition coefficient (Wildman–Crippen LogP) is 9.32. The lowest BCUT2D eigenvalue weighted by Crippen LogP contribution is -2.03. The van der Waals surface area contributed by atoms with Crippen molar-refractivity contribution in [1.29, 1.82) is 0 Å². The zero-order chi connectivity index (χ0) is 28.4. The molecule has 204 valence electrons. The predicted molar refractivity (Wildman–Crippen MR) is 171 cm³/mol. The summed E-state index contributed by atoms with van der Waals surface area (Å²) in [6.07, 6.45) is 1.78. The van der Waals surface area contributed by atoms with Crippen molar-refractivity contribution in [3.8, 4) is 28.4 Å². The van der Waals surface area contributed by atoms with Gasteiger partial charge in [-0.1, -0.05) is 60.2 Å². The van der Waals surface area contributed by atoms with Crippen LogP contribution in [0, 0.1) is 48.5 Å². The first-order valence-corrected chi connectivity index (χ1v) is 15.1. The highest BCUT2D eigenvalue weighted by molar-refractivity contribution is 7.42. The van der Waals surface area contributed by atoms with E-state index in [9.17, 15) is 0 Å². The van der Waals surface area contributed by atoms with Crippen LogP contribution in [0.3, 0.4) is 0 Å². The molecule has 0 amide bonds. The summed E-state index contributed by atoms with van der Waals surface area (Å²) >= 11 is 0. The third-order valence-electron chi connectivity index (χ3n) is 7.43. The van der Waals surface area contributed by atoms with E-state index in [-0.39, 0.29) is 17.8 Å². The van der Waals surface area contributed by atoms with Crippen molar-refractivity contribution in [2.45, 2.75) is 48.5 Å². The van der Waals surface area contributed by atoms with Gasteiger partial charge in [0, 0.05) is 28.0 Å². The van der Waals surface area contributed by atoms with E-state index >= 15 is 0 Å². The number of hydrogen-bond acceptors (Lipinski definition) is 4. The third kappa shape index (κ3) is 5.71. The second kappa shape index (κ2) is 12.0. The highest BCUT2D eigenvalue weighted by atomic mass is 31.1. The third-order valence-corrected chi connectivity index (χ3v) is 8.90. The second-order valence-corrected chi connectivity index (χ2v) is 11.9. The Labute approximate surface area is 240 Å². The molecule has 0 bridgehead atoms. The SMILES string of the molecule is Cc1ccc(POc2c(C)cc(C)c(C)c2-c2c(C)c(C)cc(C)c2OPOc2cccc3cccnc23)cc1. The van der Waals surface area contributed by atoms with Gasteiger partial charge in [0.25, 0.3) is 9.03 Å². The minimum Gasteiger partial charge on any atom is -0.472 e. The van der Waals surface area contributed by atoms with Crippen molar-refractivity contribution < 1.29 is 13.6 Å². The van der Waals surface area contributed by atoms with Gasteiger partial charge in [0.15, 0.2) is 5.75 Å². The summed E-state index contributed by atoms with van der Waals surface area (Å²) in [4.78, 5) is 4.52. The number of pyridine rings is 1. The van der Waals surface area contributed by atoms with Gasteiger partial charge in [0.05, 0.1) is 0 Å². The summed E-state index contributed by atoms with van der Waals surface area (Å²) in [5.74, 6) is 2.44. The zero-order valence-electron chi connectivity index (χ0n) is 24.1. The maximum atomic E-state index is 6.63. The van der Waals surface area contributed by atoms with Crippen LogP contribution in [0.1, 0.15) is 38.9 Å². The fourth-order valence-corrected chi connectivity index (χ4v) is 6.42. The van der Waals surface area contributed by atoms with Gasteiger partial charge in [0.2, 0.25) is 0 Å². The van der Waals surface area contributed by atoms with Gasteiger partial charge in [-0.05, 0) is 94.0 Å². The molecule has 0 saturated heterocycles. The molecule has 0 aliphatic heterocycles. The van der Waals surface area contributed by atoms with Gasteiger partial charge < -0.3 is 13.6 Å². The molecule has 4 nitrogen and oxygen atoms in total. The van der Waals surface area contributed by atoms with Crippen molar-refractivity contribution in [1.82, 2.24) is 4.98 Å². The summed E-state index contributed by atoms with van der Waals surface area (Å²) in [5.41, 5.74) is 11.2. The quantitative estimate of drug-likeness (QED) is 0.175. The number of hydrogen-bond donors (Lipinski definition) is 0. The summed E-state index contributed by atoms with van der Waals surface area (Å²) in [6, 6.07) is 22.9. The van der Waals surface area contributed by atoms with Gasteiger partial charge in [-0.25, -0.2) is 0 Å². The van der Waals surface area contributed by atoms with Crippen molar-refractivity contribution in [2.24, 2.45) is 0 Å². The molecule has 0 fully saturated rings. The highest BCUT2D eigenvalue weighted by Gasteiger charge is 2.23. The molecular weight excluding hydrogens is 532 g/mol. The highest BCUT2D eigenvalue weighted by Crippen LogP contribution is 2.48. The molecule has 1 aromatic heterocycles. The number of aromatic nitrogens is 1.